The van der Waals surface area contributed by atoms with Crippen LogP contribution in [-0.2, 0) is 6.54 Å². The average Bonchev–Trinajstić information content (AvgIpc) is 2.60. The molecule has 1 rings (SSSR count). The Hall–Kier alpha value is -0.950. The molecule has 0 N–H and O–H groups in total. The van der Waals surface area contributed by atoms with E-state index in [2.05, 4.69) is 23.7 Å². The number of unbranched alkanes of at least 4 members (excludes halogenated alkanes) is 2. The Balaban J connectivity index is 2.33. The molecule has 1 heterocycles. The molecular formula is C9H13N3S. The van der Waals surface area contributed by atoms with Gasteiger partial charge in [-0.05, 0) is 18.6 Å². The smallest absolute Gasteiger partial charge is 0.212 e. The van der Waals surface area contributed by atoms with Gasteiger partial charge in [0.1, 0.15) is 6.07 Å². The molecule has 0 aliphatic heterocycles. The molecule has 1 aromatic heterocycles. The third-order valence-electron chi connectivity index (χ3n) is 1.87. The van der Waals surface area contributed by atoms with Crippen LogP contribution in [0, 0.1) is 11.3 Å². The number of aryl methyl sites for hydroxylation is 1. The molecule has 0 saturated heterocycles. The Kier molecular flexibility index (Phi) is 4.41. The van der Waals surface area contributed by atoms with E-state index in [9.17, 15) is 0 Å². The van der Waals surface area contributed by atoms with Crippen molar-refractivity contribution in [3.63, 3.8) is 0 Å². The molecule has 4 heteroatoms. The standard InChI is InChI=1S/C9H13N3S/c10-8-9-11-4-6-12(9)5-2-1-3-7-13/h4,6,13H,1-3,5,7H2. The van der Waals surface area contributed by atoms with Crippen LogP contribution in [0.3, 0.4) is 0 Å². The second-order valence-electron chi connectivity index (χ2n) is 2.84. The summed E-state index contributed by atoms with van der Waals surface area (Å²) in [5.41, 5.74) is 0. The van der Waals surface area contributed by atoms with Crippen molar-refractivity contribution in [1.82, 2.24) is 9.55 Å². The van der Waals surface area contributed by atoms with E-state index >= 15 is 0 Å². The fourth-order valence-corrected chi connectivity index (χ4v) is 1.40. The monoisotopic (exact) mass is 195 g/mol. The van der Waals surface area contributed by atoms with Crippen LogP contribution < -0.4 is 0 Å². The summed E-state index contributed by atoms with van der Waals surface area (Å²) in [5.74, 6) is 1.44. The fourth-order valence-electron chi connectivity index (χ4n) is 1.17. The van der Waals surface area contributed by atoms with Gasteiger partial charge in [-0.1, -0.05) is 6.42 Å². The van der Waals surface area contributed by atoms with Gasteiger partial charge in [0, 0.05) is 18.9 Å². The quantitative estimate of drug-likeness (QED) is 0.575. The summed E-state index contributed by atoms with van der Waals surface area (Å²) in [7, 11) is 0. The van der Waals surface area contributed by atoms with Gasteiger partial charge in [0.05, 0.1) is 0 Å². The van der Waals surface area contributed by atoms with Crippen LogP contribution in [0.2, 0.25) is 0 Å². The van der Waals surface area contributed by atoms with Crippen molar-refractivity contribution < 1.29 is 0 Å². The van der Waals surface area contributed by atoms with E-state index in [-0.39, 0.29) is 0 Å². The summed E-state index contributed by atoms with van der Waals surface area (Å²) in [6.45, 7) is 0.886. The lowest BCUT2D eigenvalue weighted by Gasteiger charge is -2.01. The number of aromatic nitrogens is 2. The lowest BCUT2D eigenvalue weighted by Crippen LogP contribution is -1.99. The average molecular weight is 195 g/mol. The Morgan fingerprint density at radius 2 is 2.31 bits per heavy atom. The second kappa shape index (κ2) is 5.65. The molecule has 0 aliphatic carbocycles. The van der Waals surface area contributed by atoms with Crippen molar-refractivity contribution in [3.8, 4) is 6.07 Å². The van der Waals surface area contributed by atoms with E-state index in [4.69, 9.17) is 5.26 Å². The predicted molar refractivity (Wildman–Crippen MR) is 54.6 cm³/mol. The molecule has 3 nitrogen and oxygen atoms in total. The Bertz CT molecular complexity index is 287. The van der Waals surface area contributed by atoms with Crippen LogP contribution in [0.1, 0.15) is 25.1 Å². The van der Waals surface area contributed by atoms with Crippen molar-refractivity contribution in [3.05, 3.63) is 18.2 Å². The lowest BCUT2D eigenvalue weighted by atomic mass is 10.2. The molecule has 70 valence electrons. The van der Waals surface area contributed by atoms with Crippen molar-refractivity contribution in [2.75, 3.05) is 5.75 Å². The minimum absolute atomic E-state index is 0.505. The zero-order valence-electron chi connectivity index (χ0n) is 7.48. The van der Waals surface area contributed by atoms with E-state index in [0.717, 1.165) is 31.6 Å². The van der Waals surface area contributed by atoms with Gasteiger partial charge in [-0.25, -0.2) is 4.98 Å². The van der Waals surface area contributed by atoms with E-state index in [1.165, 1.54) is 0 Å². The number of nitriles is 1. The molecule has 0 radical (unpaired) electrons. The van der Waals surface area contributed by atoms with Crippen molar-refractivity contribution in [2.45, 2.75) is 25.8 Å². The van der Waals surface area contributed by atoms with Crippen molar-refractivity contribution >= 4 is 12.6 Å². The fraction of sp³-hybridized carbons (Fsp3) is 0.556. The topological polar surface area (TPSA) is 41.6 Å². The third kappa shape index (κ3) is 3.11. The highest BCUT2D eigenvalue weighted by atomic mass is 32.1. The highest BCUT2D eigenvalue weighted by Gasteiger charge is 1.99. The van der Waals surface area contributed by atoms with Gasteiger partial charge >= 0.3 is 0 Å². The molecule has 1 aromatic rings. The summed E-state index contributed by atoms with van der Waals surface area (Å²) in [6, 6.07) is 2.05. The van der Waals surface area contributed by atoms with Gasteiger partial charge < -0.3 is 4.57 Å². The maximum Gasteiger partial charge on any atom is 0.212 e. The number of thiol groups is 1. The molecule has 0 spiro atoms. The number of hydrogen-bond donors (Lipinski definition) is 1. The zero-order chi connectivity index (χ0) is 9.52. The number of hydrogen-bond acceptors (Lipinski definition) is 3. The Morgan fingerprint density at radius 3 is 3.00 bits per heavy atom. The molecule has 0 unspecified atom stereocenters. The van der Waals surface area contributed by atoms with Crippen LogP contribution in [0.5, 0.6) is 0 Å². The molecule has 0 fully saturated rings. The summed E-state index contributed by atoms with van der Waals surface area (Å²) in [6.07, 6.45) is 6.90. The predicted octanol–water partition coefficient (Wildman–Crippen LogP) is 1.85. The molecule has 0 aliphatic rings. The van der Waals surface area contributed by atoms with Crippen LogP contribution >= 0.6 is 12.6 Å². The van der Waals surface area contributed by atoms with Crippen LogP contribution in [0.25, 0.3) is 0 Å². The zero-order valence-corrected chi connectivity index (χ0v) is 8.37. The number of imidazole rings is 1. The summed E-state index contributed by atoms with van der Waals surface area (Å²) >= 11 is 4.14. The maximum absolute atomic E-state index is 8.66. The van der Waals surface area contributed by atoms with Gasteiger partial charge in [-0.2, -0.15) is 17.9 Å². The molecule has 13 heavy (non-hydrogen) atoms. The SMILES string of the molecule is N#Cc1nccn1CCCCCS. The van der Waals surface area contributed by atoms with Crippen LogP contribution in [0.4, 0.5) is 0 Å². The first kappa shape index (κ1) is 10.1. The third-order valence-corrected chi connectivity index (χ3v) is 2.19. The van der Waals surface area contributed by atoms with Crippen LogP contribution in [0.15, 0.2) is 12.4 Å². The van der Waals surface area contributed by atoms with Gasteiger partial charge in [0.25, 0.3) is 0 Å². The largest absolute Gasteiger partial charge is 0.323 e. The van der Waals surface area contributed by atoms with Crippen LogP contribution in [-0.4, -0.2) is 15.3 Å². The first-order chi connectivity index (χ1) is 6.38. The van der Waals surface area contributed by atoms with Crippen molar-refractivity contribution in [2.24, 2.45) is 0 Å². The van der Waals surface area contributed by atoms with Gasteiger partial charge in [-0.15, -0.1) is 0 Å². The first-order valence-corrected chi connectivity index (χ1v) is 5.04. The number of rotatable bonds is 5. The maximum atomic E-state index is 8.66. The second-order valence-corrected chi connectivity index (χ2v) is 3.29. The summed E-state index contributed by atoms with van der Waals surface area (Å²) in [5, 5.41) is 8.66. The van der Waals surface area contributed by atoms with Gasteiger partial charge in [0.15, 0.2) is 0 Å². The molecule has 0 saturated carbocycles. The minimum Gasteiger partial charge on any atom is -0.323 e. The normalized spacial score (nSPS) is 9.85. The highest BCUT2D eigenvalue weighted by molar-refractivity contribution is 7.80. The molecule has 0 atom stereocenters. The molecule has 0 amide bonds. The van der Waals surface area contributed by atoms with E-state index in [1.54, 1.807) is 6.20 Å². The molecular weight excluding hydrogens is 182 g/mol. The summed E-state index contributed by atoms with van der Waals surface area (Å²) < 4.78 is 1.89. The van der Waals surface area contributed by atoms with Gasteiger partial charge in [-0.3, -0.25) is 0 Å². The van der Waals surface area contributed by atoms with Gasteiger partial charge in [0.2, 0.25) is 5.82 Å². The van der Waals surface area contributed by atoms with Crippen molar-refractivity contribution in [1.29, 1.82) is 5.26 Å². The highest BCUT2D eigenvalue weighted by Crippen LogP contribution is 2.02. The van der Waals surface area contributed by atoms with E-state index < -0.39 is 0 Å². The summed E-state index contributed by atoms with van der Waals surface area (Å²) in [4.78, 5) is 3.92. The molecule has 0 bridgehead atoms. The molecule has 0 aromatic carbocycles. The Morgan fingerprint density at radius 1 is 1.46 bits per heavy atom. The lowest BCUT2D eigenvalue weighted by molar-refractivity contribution is 0.599. The minimum atomic E-state index is 0.505. The Labute approximate surface area is 83.8 Å². The number of nitrogens with zero attached hydrogens (tertiary/aromatic N) is 3. The first-order valence-electron chi connectivity index (χ1n) is 4.40. The van der Waals surface area contributed by atoms with E-state index in [1.807, 2.05) is 10.8 Å². The van der Waals surface area contributed by atoms with E-state index in [0.29, 0.717) is 5.82 Å².